The van der Waals surface area contributed by atoms with Gasteiger partial charge in [-0.2, -0.15) is 0 Å². The Hall–Kier alpha value is -1.20. The van der Waals surface area contributed by atoms with Crippen LogP contribution >= 0.6 is 11.3 Å². The van der Waals surface area contributed by atoms with Gasteiger partial charge in [0.2, 0.25) is 0 Å². The Bertz CT molecular complexity index is 477. The molecule has 0 bridgehead atoms. The lowest BCUT2D eigenvalue weighted by molar-refractivity contribution is 0.195. The third-order valence-electron chi connectivity index (χ3n) is 2.94. The highest BCUT2D eigenvalue weighted by Gasteiger charge is 2.22. The summed E-state index contributed by atoms with van der Waals surface area (Å²) in [5, 5.41) is 15.8. The molecule has 1 unspecified atom stereocenters. The van der Waals surface area contributed by atoms with E-state index in [2.05, 4.69) is 10.1 Å². The van der Waals surface area contributed by atoms with Gasteiger partial charge in [-0.25, -0.2) is 9.67 Å². The third-order valence-corrected chi connectivity index (χ3v) is 3.80. The van der Waals surface area contributed by atoms with Gasteiger partial charge in [-0.1, -0.05) is 6.07 Å². The average Bonchev–Trinajstić information content (AvgIpc) is 2.96. The third kappa shape index (κ3) is 1.56. The number of hydrogen-bond donors (Lipinski definition) is 1. The van der Waals surface area contributed by atoms with Gasteiger partial charge in [-0.3, -0.25) is 0 Å². The summed E-state index contributed by atoms with van der Waals surface area (Å²) in [5.74, 6) is 1.80. The van der Waals surface area contributed by atoms with Crippen LogP contribution in [-0.4, -0.2) is 26.5 Å². The second kappa shape index (κ2) is 3.99. The van der Waals surface area contributed by atoms with E-state index in [0.717, 1.165) is 35.8 Å². The van der Waals surface area contributed by atoms with Crippen molar-refractivity contribution in [1.29, 1.82) is 0 Å². The number of hydrogen-bond acceptors (Lipinski definition) is 4. The maximum absolute atomic E-state index is 9.29. The van der Waals surface area contributed by atoms with Gasteiger partial charge in [-0.05, 0) is 24.3 Å². The zero-order valence-corrected chi connectivity index (χ0v) is 9.65. The van der Waals surface area contributed by atoms with Gasteiger partial charge in [0, 0.05) is 6.42 Å². The highest BCUT2D eigenvalue weighted by atomic mass is 32.1. The van der Waals surface area contributed by atoms with Crippen molar-refractivity contribution in [2.24, 2.45) is 0 Å². The van der Waals surface area contributed by atoms with E-state index in [9.17, 15) is 5.11 Å². The number of thiophene rings is 1. The van der Waals surface area contributed by atoms with Crippen molar-refractivity contribution in [1.82, 2.24) is 14.8 Å². The highest BCUT2D eigenvalue weighted by molar-refractivity contribution is 7.13. The lowest BCUT2D eigenvalue weighted by Gasteiger charge is -2.20. The number of fused-ring (bicyclic) bond motifs is 1. The van der Waals surface area contributed by atoms with Crippen LogP contribution in [0.15, 0.2) is 17.5 Å². The van der Waals surface area contributed by atoms with Gasteiger partial charge in [0.15, 0.2) is 5.82 Å². The lowest BCUT2D eigenvalue weighted by atomic mass is 10.1. The molecule has 3 heterocycles. The molecular formula is C11H13N3OS. The second-order valence-corrected chi connectivity index (χ2v) is 4.95. The molecule has 1 N–H and O–H groups in total. The Morgan fingerprint density at radius 3 is 3.25 bits per heavy atom. The summed E-state index contributed by atoms with van der Waals surface area (Å²) >= 11 is 1.65. The van der Waals surface area contributed by atoms with E-state index >= 15 is 0 Å². The molecule has 0 saturated heterocycles. The van der Waals surface area contributed by atoms with Crippen molar-refractivity contribution >= 4 is 11.3 Å². The normalized spacial score (nSPS) is 19.7. The number of aryl methyl sites for hydroxylation is 1. The van der Waals surface area contributed by atoms with E-state index in [1.54, 1.807) is 11.3 Å². The summed E-state index contributed by atoms with van der Waals surface area (Å²) in [6.45, 7) is 0.153. The zero-order chi connectivity index (χ0) is 11.0. The molecule has 0 amide bonds. The number of aliphatic hydroxyl groups is 1. The van der Waals surface area contributed by atoms with Crippen LogP contribution in [-0.2, 0) is 6.42 Å². The fraction of sp³-hybridized carbons (Fsp3) is 0.455. The van der Waals surface area contributed by atoms with Crippen molar-refractivity contribution in [2.75, 3.05) is 6.61 Å². The van der Waals surface area contributed by atoms with Crippen molar-refractivity contribution in [3.05, 3.63) is 23.3 Å². The van der Waals surface area contributed by atoms with E-state index in [-0.39, 0.29) is 12.6 Å². The largest absolute Gasteiger partial charge is 0.394 e. The molecule has 0 aromatic carbocycles. The minimum Gasteiger partial charge on any atom is -0.394 e. The van der Waals surface area contributed by atoms with Crippen molar-refractivity contribution in [3.63, 3.8) is 0 Å². The minimum atomic E-state index is 0.116. The van der Waals surface area contributed by atoms with Gasteiger partial charge >= 0.3 is 0 Å². The quantitative estimate of drug-likeness (QED) is 0.864. The SMILES string of the molecule is OCC1CCCc2nc(-c3cccs3)nn21. The van der Waals surface area contributed by atoms with Crippen LogP contribution in [0.2, 0.25) is 0 Å². The fourth-order valence-corrected chi connectivity index (χ4v) is 2.77. The number of aromatic nitrogens is 3. The molecule has 3 rings (SSSR count). The van der Waals surface area contributed by atoms with Crippen molar-refractivity contribution in [2.45, 2.75) is 25.3 Å². The van der Waals surface area contributed by atoms with Crippen LogP contribution in [0.4, 0.5) is 0 Å². The molecular weight excluding hydrogens is 222 g/mol. The van der Waals surface area contributed by atoms with E-state index in [1.807, 2.05) is 22.2 Å². The number of rotatable bonds is 2. The Kier molecular flexibility index (Phi) is 2.49. The molecule has 0 saturated carbocycles. The van der Waals surface area contributed by atoms with Crippen LogP contribution < -0.4 is 0 Å². The van der Waals surface area contributed by atoms with Gasteiger partial charge in [0.1, 0.15) is 5.82 Å². The zero-order valence-electron chi connectivity index (χ0n) is 8.83. The summed E-state index contributed by atoms with van der Waals surface area (Å²) in [7, 11) is 0. The molecule has 1 aliphatic heterocycles. The van der Waals surface area contributed by atoms with E-state index in [0.29, 0.717) is 0 Å². The first kappa shape index (κ1) is 9.99. The molecule has 0 radical (unpaired) electrons. The van der Waals surface area contributed by atoms with Crippen LogP contribution in [0.1, 0.15) is 24.7 Å². The molecule has 1 atom stereocenters. The van der Waals surface area contributed by atoms with E-state index in [1.165, 1.54) is 0 Å². The smallest absolute Gasteiger partial charge is 0.191 e. The molecule has 4 nitrogen and oxygen atoms in total. The van der Waals surface area contributed by atoms with Crippen LogP contribution in [0, 0.1) is 0 Å². The Morgan fingerprint density at radius 1 is 1.56 bits per heavy atom. The predicted octanol–water partition coefficient (Wildman–Crippen LogP) is 1.88. The average molecular weight is 235 g/mol. The van der Waals surface area contributed by atoms with Gasteiger partial charge < -0.3 is 5.11 Å². The fourth-order valence-electron chi connectivity index (χ4n) is 2.12. The van der Waals surface area contributed by atoms with Crippen LogP contribution in [0.5, 0.6) is 0 Å². The molecule has 1 aliphatic rings. The molecule has 2 aromatic rings. The number of nitrogens with zero attached hydrogens (tertiary/aromatic N) is 3. The van der Waals surface area contributed by atoms with Crippen molar-refractivity contribution in [3.8, 4) is 10.7 Å². The summed E-state index contributed by atoms with van der Waals surface area (Å²) in [6.07, 6.45) is 3.05. The first-order chi connectivity index (χ1) is 7.88. The Morgan fingerprint density at radius 2 is 2.50 bits per heavy atom. The van der Waals surface area contributed by atoms with Gasteiger partial charge in [0.05, 0.1) is 17.5 Å². The molecule has 0 spiro atoms. The first-order valence-corrected chi connectivity index (χ1v) is 6.36. The minimum absolute atomic E-state index is 0.116. The molecule has 0 aliphatic carbocycles. The van der Waals surface area contributed by atoms with Crippen molar-refractivity contribution < 1.29 is 5.11 Å². The van der Waals surface area contributed by atoms with Gasteiger partial charge in [0.25, 0.3) is 0 Å². The van der Waals surface area contributed by atoms with E-state index < -0.39 is 0 Å². The number of aliphatic hydroxyl groups excluding tert-OH is 1. The first-order valence-electron chi connectivity index (χ1n) is 5.48. The highest BCUT2D eigenvalue weighted by Crippen LogP contribution is 2.27. The predicted molar refractivity (Wildman–Crippen MR) is 62.4 cm³/mol. The molecule has 84 valence electrons. The standard InChI is InChI=1S/C11H13N3OS/c15-7-8-3-1-5-10-12-11(13-14(8)10)9-4-2-6-16-9/h2,4,6,8,15H,1,3,5,7H2. The maximum atomic E-state index is 9.29. The molecule has 16 heavy (non-hydrogen) atoms. The maximum Gasteiger partial charge on any atom is 0.191 e. The Balaban J connectivity index is 2.02. The summed E-state index contributed by atoms with van der Waals surface area (Å²) < 4.78 is 1.90. The topological polar surface area (TPSA) is 50.9 Å². The molecule has 5 heteroatoms. The lowest BCUT2D eigenvalue weighted by Crippen LogP contribution is -2.21. The summed E-state index contributed by atoms with van der Waals surface area (Å²) in [6, 6.07) is 4.15. The van der Waals surface area contributed by atoms with E-state index in [4.69, 9.17) is 0 Å². The Labute approximate surface area is 97.6 Å². The molecule has 2 aromatic heterocycles. The monoisotopic (exact) mass is 235 g/mol. The van der Waals surface area contributed by atoms with Crippen LogP contribution in [0.3, 0.4) is 0 Å². The second-order valence-electron chi connectivity index (χ2n) is 4.00. The summed E-state index contributed by atoms with van der Waals surface area (Å²) in [5.41, 5.74) is 0. The van der Waals surface area contributed by atoms with Gasteiger partial charge in [-0.15, -0.1) is 16.4 Å². The van der Waals surface area contributed by atoms with Crippen LogP contribution in [0.25, 0.3) is 10.7 Å². The summed E-state index contributed by atoms with van der Waals surface area (Å²) in [4.78, 5) is 5.64. The molecule has 0 fully saturated rings.